The average Bonchev–Trinajstić information content (AvgIpc) is 3.09. The fourth-order valence-corrected chi connectivity index (χ4v) is 4.51. The zero-order valence-corrected chi connectivity index (χ0v) is 15.1. The molecule has 0 bridgehead atoms. The molecule has 2 aromatic rings. The summed E-state index contributed by atoms with van der Waals surface area (Å²) in [4.78, 5) is 30.7. The molecule has 1 aromatic heterocycles. The maximum atomic E-state index is 13.2. The van der Waals surface area contributed by atoms with Crippen molar-refractivity contribution in [3.63, 3.8) is 0 Å². The van der Waals surface area contributed by atoms with Crippen molar-refractivity contribution in [1.29, 1.82) is 0 Å². The van der Waals surface area contributed by atoms with Gasteiger partial charge in [-0.1, -0.05) is 18.2 Å². The lowest BCUT2D eigenvalue weighted by Crippen LogP contribution is -2.69. The third-order valence-corrected chi connectivity index (χ3v) is 5.90. The average molecular weight is 369 g/mol. The molecule has 0 aliphatic carbocycles. The number of aromatic amines is 1. The molecule has 2 amide bonds. The second-order valence-corrected chi connectivity index (χ2v) is 7.61. The second kappa shape index (κ2) is 6.35. The number of H-pyrrole nitrogens is 1. The minimum Gasteiger partial charge on any atom is -0.361 e. The molecule has 2 atom stereocenters. The highest BCUT2D eigenvalue weighted by Crippen LogP contribution is 2.34. The number of carbonyl (C=O) groups excluding carboxylic acids is 2. The smallest absolute Gasteiger partial charge is 0.246 e. The third-order valence-electron chi connectivity index (χ3n) is 5.90. The second-order valence-electron chi connectivity index (χ2n) is 7.61. The van der Waals surface area contributed by atoms with Gasteiger partial charge in [-0.05, 0) is 24.5 Å². The highest BCUT2D eigenvalue weighted by Gasteiger charge is 2.50. The van der Waals surface area contributed by atoms with Crippen LogP contribution < -0.4 is 5.32 Å². The summed E-state index contributed by atoms with van der Waals surface area (Å²) in [6.07, 6.45) is 4.45. The molecule has 3 aliphatic heterocycles. The van der Waals surface area contributed by atoms with Gasteiger partial charge in [0.2, 0.25) is 11.8 Å². The summed E-state index contributed by atoms with van der Waals surface area (Å²) in [5.41, 5.74) is 2.06. The molecular weight excluding hydrogens is 346 g/mol. The molecule has 27 heavy (non-hydrogen) atoms. The summed E-state index contributed by atoms with van der Waals surface area (Å²) >= 11 is 0. The zero-order valence-electron chi connectivity index (χ0n) is 15.1. The topological polar surface area (TPSA) is 83.7 Å². The molecule has 3 aliphatic rings. The maximum absolute atomic E-state index is 13.2. The Bertz CT molecular complexity index is 886. The van der Waals surface area contributed by atoms with Crippen molar-refractivity contribution in [3.05, 3.63) is 36.0 Å². The number of rotatable bonds is 2. The Labute approximate surface area is 157 Å². The summed E-state index contributed by atoms with van der Waals surface area (Å²) < 4.78 is 11.8. The van der Waals surface area contributed by atoms with Gasteiger partial charge in [0.1, 0.15) is 12.1 Å². The molecule has 7 nitrogen and oxygen atoms in total. The van der Waals surface area contributed by atoms with Gasteiger partial charge in [-0.25, -0.2) is 0 Å². The van der Waals surface area contributed by atoms with Gasteiger partial charge >= 0.3 is 0 Å². The SMILES string of the molecule is O=C1N[C@H](Cc2c[nH]c3ccccc23)C(=O)N2CC3(CC[C@@H]12)OCCCO3. The van der Waals surface area contributed by atoms with Gasteiger partial charge in [-0.3, -0.25) is 9.59 Å². The number of piperazine rings is 1. The van der Waals surface area contributed by atoms with Crippen LogP contribution in [0.15, 0.2) is 30.5 Å². The van der Waals surface area contributed by atoms with Crippen LogP contribution in [0.1, 0.15) is 24.8 Å². The van der Waals surface area contributed by atoms with Gasteiger partial charge in [0.25, 0.3) is 0 Å². The Morgan fingerprint density at radius 1 is 1.19 bits per heavy atom. The van der Waals surface area contributed by atoms with Crippen LogP contribution in [0, 0.1) is 0 Å². The van der Waals surface area contributed by atoms with Crippen molar-refractivity contribution in [2.75, 3.05) is 19.8 Å². The van der Waals surface area contributed by atoms with Crippen molar-refractivity contribution in [3.8, 4) is 0 Å². The lowest BCUT2D eigenvalue weighted by Gasteiger charge is -2.49. The highest BCUT2D eigenvalue weighted by molar-refractivity contribution is 5.97. The largest absolute Gasteiger partial charge is 0.361 e. The molecule has 0 unspecified atom stereocenters. The number of aromatic nitrogens is 1. The lowest BCUT2D eigenvalue weighted by molar-refractivity contribution is -0.288. The number of amides is 2. The van der Waals surface area contributed by atoms with Crippen LogP contribution in [0.3, 0.4) is 0 Å². The van der Waals surface area contributed by atoms with Gasteiger partial charge in [-0.2, -0.15) is 0 Å². The van der Waals surface area contributed by atoms with Crippen LogP contribution in [0.4, 0.5) is 0 Å². The van der Waals surface area contributed by atoms with Crippen LogP contribution in [0.2, 0.25) is 0 Å². The van der Waals surface area contributed by atoms with E-state index >= 15 is 0 Å². The number of benzene rings is 1. The Hall–Kier alpha value is -2.38. The molecule has 3 saturated heterocycles. The van der Waals surface area contributed by atoms with Crippen LogP contribution in [-0.4, -0.2) is 59.3 Å². The zero-order chi connectivity index (χ0) is 18.4. The molecule has 7 heteroatoms. The van der Waals surface area contributed by atoms with E-state index in [0.29, 0.717) is 39.0 Å². The monoisotopic (exact) mass is 369 g/mol. The Balaban J connectivity index is 1.39. The number of fused-ring (bicyclic) bond motifs is 2. The Morgan fingerprint density at radius 2 is 2.00 bits per heavy atom. The number of para-hydroxylation sites is 1. The van der Waals surface area contributed by atoms with E-state index in [2.05, 4.69) is 10.3 Å². The molecule has 3 fully saturated rings. The molecule has 1 spiro atoms. The summed E-state index contributed by atoms with van der Waals surface area (Å²) in [6, 6.07) is 6.99. The maximum Gasteiger partial charge on any atom is 0.246 e. The van der Waals surface area contributed by atoms with E-state index in [4.69, 9.17) is 9.47 Å². The van der Waals surface area contributed by atoms with Gasteiger partial charge in [0, 0.05) is 29.9 Å². The normalized spacial score (nSPS) is 27.6. The quantitative estimate of drug-likeness (QED) is 0.837. The first-order valence-corrected chi connectivity index (χ1v) is 9.59. The van der Waals surface area contributed by atoms with E-state index in [1.54, 1.807) is 4.90 Å². The molecule has 4 heterocycles. The number of carbonyl (C=O) groups is 2. The molecule has 142 valence electrons. The van der Waals surface area contributed by atoms with Crippen LogP contribution in [0.5, 0.6) is 0 Å². The molecule has 0 saturated carbocycles. The standard InChI is InChI=1S/C20H23N3O4/c24-18-17-6-7-20(26-8-3-9-27-20)12-23(17)19(25)16(22-18)10-13-11-21-15-5-2-1-4-14(13)15/h1-2,4-5,11,16-17,21H,3,6-10,12H2,(H,22,24)/t16-,17+/m1/s1. The fourth-order valence-electron chi connectivity index (χ4n) is 4.51. The van der Waals surface area contributed by atoms with Gasteiger partial charge in [0.05, 0.1) is 19.8 Å². The fraction of sp³-hybridized carbons (Fsp3) is 0.500. The van der Waals surface area contributed by atoms with E-state index in [1.165, 1.54) is 0 Å². The number of piperidine rings is 1. The van der Waals surface area contributed by atoms with Crippen LogP contribution in [0.25, 0.3) is 10.9 Å². The first-order valence-electron chi connectivity index (χ1n) is 9.59. The number of nitrogens with zero attached hydrogens (tertiary/aromatic N) is 1. The van der Waals surface area contributed by atoms with Gasteiger partial charge in [0.15, 0.2) is 5.79 Å². The van der Waals surface area contributed by atoms with Crippen molar-refractivity contribution >= 4 is 22.7 Å². The minimum absolute atomic E-state index is 0.0540. The number of hydrogen-bond acceptors (Lipinski definition) is 4. The summed E-state index contributed by atoms with van der Waals surface area (Å²) in [7, 11) is 0. The number of nitrogens with one attached hydrogen (secondary N) is 2. The van der Waals surface area contributed by atoms with Crippen LogP contribution >= 0.6 is 0 Å². The number of ether oxygens (including phenoxy) is 2. The summed E-state index contributed by atoms with van der Waals surface area (Å²) in [5.74, 6) is -0.875. The van der Waals surface area contributed by atoms with Crippen molar-refractivity contribution in [2.45, 2.75) is 43.6 Å². The van der Waals surface area contributed by atoms with E-state index in [9.17, 15) is 9.59 Å². The van der Waals surface area contributed by atoms with Gasteiger partial charge < -0.3 is 24.7 Å². The van der Waals surface area contributed by atoms with E-state index in [0.717, 1.165) is 22.9 Å². The first-order chi connectivity index (χ1) is 13.2. The Morgan fingerprint density at radius 3 is 2.85 bits per heavy atom. The lowest BCUT2D eigenvalue weighted by atomic mass is 9.91. The molecular formula is C20H23N3O4. The number of hydrogen-bond donors (Lipinski definition) is 2. The highest BCUT2D eigenvalue weighted by atomic mass is 16.7. The first kappa shape index (κ1) is 16.8. The third kappa shape index (κ3) is 2.82. The van der Waals surface area contributed by atoms with Crippen molar-refractivity contribution < 1.29 is 19.1 Å². The molecule has 0 radical (unpaired) electrons. The summed E-state index contributed by atoms with van der Waals surface area (Å²) in [5, 5.41) is 4.01. The van der Waals surface area contributed by atoms with E-state index < -0.39 is 17.9 Å². The van der Waals surface area contributed by atoms with E-state index in [-0.39, 0.29) is 11.8 Å². The van der Waals surface area contributed by atoms with Crippen molar-refractivity contribution in [2.24, 2.45) is 0 Å². The predicted molar refractivity (Wildman–Crippen MR) is 97.9 cm³/mol. The van der Waals surface area contributed by atoms with E-state index in [1.807, 2.05) is 30.5 Å². The minimum atomic E-state index is -0.743. The molecule has 5 rings (SSSR count). The van der Waals surface area contributed by atoms with Gasteiger partial charge in [-0.15, -0.1) is 0 Å². The van der Waals surface area contributed by atoms with Crippen LogP contribution in [-0.2, 0) is 25.5 Å². The Kier molecular flexibility index (Phi) is 3.94. The molecule has 1 aromatic carbocycles. The van der Waals surface area contributed by atoms with Crippen molar-refractivity contribution in [1.82, 2.24) is 15.2 Å². The predicted octanol–water partition coefficient (Wildman–Crippen LogP) is 1.33. The summed E-state index contributed by atoms with van der Waals surface area (Å²) in [6.45, 7) is 1.60. The molecule has 2 N–H and O–H groups in total.